The van der Waals surface area contributed by atoms with E-state index in [0.29, 0.717) is 28.8 Å². The average Bonchev–Trinajstić information content (AvgIpc) is 3.31. The molecule has 0 saturated heterocycles. The van der Waals surface area contributed by atoms with E-state index in [4.69, 9.17) is 0 Å². The number of aldehydes is 1. The molecular formula is C19H16N6O4. The first-order chi connectivity index (χ1) is 14.1. The van der Waals surface area contributed by atoms with Gasteiger partial charge in [-0.1, -0.05) is 30.3 Å². The molecule has 0 spiro atoms. The van der Waals surface area contributed by atoms with Gasteiger partial charge >= 0.3 is 5.97 Å². The number of hydrogen-bond acceptors (Lipinski definition) is 6. The van der Waals surface area contributed by atoms with Crippen LogP contribution in [0.4, 0.5) is 0 Å². The van der Waals surface area contributed by atoms with Gasteiger partial charge in [-0.2, -0.15) is 0 Å². The standard InChI is InChI=1S/C19H16N6O4/c26-9-13-7-20-18-16-17(22-11-25(13)18)24(10-21-16)8-15(27)23-14(19(28)29)6-12-4-2-1-3-5-12/h1-5,7,9-11,14H,6,8H2,(H,23,27)(H,28,29)/t14-/m0/s1. The summed E-state index contributed by atoms with van der Waals surface area (Å²) in [7, 11) is 0. The van der Waals surface area contributed by atoms with Crippen molar-refractivity contribution < 1.29 is 19.5 Å². The Labute approximate surface area is 163 Å². The third-order valence-corrected chi connectivity index (χ3v) is 4.49. The number of nitrogens with zero attached hydrogens (tertiary/aromatic N) is 5. The number of benzene rings is 1. The molecule has 10 nitrogen and oxygen atoms in total. The van der Waals surface area contributed by atoms with Gasteiger partial charge in [0.25, 0.3) is 0 Å². The first-order valence-corrected chi connectivity index (χ1v) is 8.75. The lowest BCUT2D eigenvalue weighted by Gasteiger charge is -2.15. The summed E-state index contributed by atoms with van der Waals surface area (Å²) >= 11 is 0. The lowest BCUT2D eigenvalue weighted by atomic mass is 10.1. The number of carbonyl (C=O) groups excluding carboxylic acids is 2. The maximum atomic E-state index is 12.5. The van der Waals surface area contributed by atoms with Crippen LogP contribution in [-0.2, 0) is 22.6 Å². The monoisotopic (exact) mass is 392 g/mol. The Morgan fingerprint density at radius 1 is 1.10 bits per heavy atom. The van der Waals surface area contributed by atoms with Crippen molar-refractivity contribution in [3.8, 4) is 0 Å². The zero-order valence-corrected chi connectivity index (χ0v) is 15.1. The minimum Gasteiger partial charge on any atom is -0.480 e. The topological polar surface area (TPSA) is 131 Å². The van der Waals surface area contributed by atoms with Gasteiger partial charge < -0.3 is 15.0 Å². The molecule has 3 aromatic heterocycles. The molecule has 2 N–H and O–H groups in total. The predicted octanol–water partition coefficient (Wildman–Crippen LogP) is 0.704. The van der Waals surface area contributed by atoms with Crippen LogP contribution in [0.5, 0.6) is 0 Å². The minimum atomic E-state index is -1.11. The van der Waals surface area contributed by atoms with Gasteiger partial charge in [0.2, 0.25) is 5.91 Å². The number of imidazole rings is 2. The van der Waals surface area contributed by atoms with Crippen LogP contribution in [0.25, 0.3) is 16.8 Å². The average molecular weight is 392 g/mol. The molecule has 0 radical (unpaired) electrons. The fourth-order valence-corrected chi connectivity index (χ4v) is 3.10. The normalized spacial score (nSPS) is 12.1. The maximum Gasteiger partial charge on any atom is 0.326 e. The van der Waals surface area contributed by atoms with Crippen molar-refractivity contribution in [1.82, 2.24) is 29.2 Å². The Bertz CT molecular complexity index is 1210. The smallest absolute Gasteiger partial charge is 0.326 e. The minimum absolute atomic E-state index is 0.153. The molecule has 1 atom stereocenters. The van der Waals surface area contributed by atoms with Crippen LogP contribution in [0.1, 0.15) is 16.1 Å². The van der Waals surface area contributed by atoms with Crippen LogP contribution in [0.15, 0.2) is 49.2 Å². The number of nitrogens with one attached hydrogen (secondary N) is 1. The fourth-order valence-electron chi connectivity index (χ4n) is 3.10. The maximum absolute atomic E-state index is 12.5. The van der Waals surface area contributed by atoms with Crippen LogP contribution in [-0.4, -0.2) is 53.2 Å². The van der Waals surface area contributed by atoms with Crippen molar-refractivity contribution >= 4 is 35.0 Å². The highest BCUT2D eigenvalue weighted by Crippen LogP contribution is 2.16. The van der Waals surface area contributed by atoms with Crippen LogP contribution >= 0.6 is 0 Å². The molecule has 4 aromatic rings. The summed E-state index contributed by atoms with van der Waals surface area (Å²) in [4.78, 5) is 47.7. The first-order valence-electron chi connectivity index (χ1n) is 8.75. The molecule has 4 rings (SSSR count). The van der Waals surface area contributed by atoms with Crippen LogP contribution < -0.4 is 5.32 Å². The SMILES string of the molecule is O=Cc1cnc2c3ncn(CC(=O)N[C@@H](Cc4ccccc4)C(=O)O)c3ncn12. The molecule has 10 heteroatoms. The molecule has 0 aliphatic carbocycles. The summed E-state index contributed by atoms with van der Waals surface area (Å²) in [6.07, 6.45) is 5.11. The van der Waals surface area contributed by atoms with Gasteiger partial charge in [0.05, 0.1) is 12.5 Å². The molecular weight excluding hydrogens is 376 g/mol. The van der Waals surface area contributed by atoms with E-state index in [2.05, 4.69) is 20.3 Å². The molecule has 1 amide bonds. The lowest BCUT2D eigenvalue weighted by Crippen LogP contribution is -2.43. The van der Waals surface area contributed by atoms with Gasteiger partial charge in [-0.15, -0.1) is 0 Å². The number of amides is 1. The van der Waals surface area contributed by atoms with E-state index in [0.717, 1.165) is 5.56 Å². The van der Waals surface area contributed by atoms with E-state index < -0.39 is 17.9 Å². The van der Waals surface area contributed by atoms with Crippen molar-refractivity contribution in [3.63, 3.8) is 0 Å². The lowest BCUT2D eigenvalue weighted by molar-refractivity contribution is -0.141. The summed E-state index contributed by atoms with van der Waals surface area (Å²) in [6, 6.07) is 8.01. The van der Waals surface area contributed by atoms with Gasteiger partial charge in [0.15, 0.2) is 23.1 Å². The third-order valence-electron chi connectivity index (χ3n) is 4.49. The molecule has 0 aliphatic heterocycles. The number of rotatable bonds is 7. The number of carboxylic acid groups (broad SMARTS) is 1. The van der Waals surface area contributed by atoms with Gasteiger partial charge in [-0.05, 0) is 5.56 Å². The number of hydrogen-bond donors (Lipinski definition) is 2. The van der Waals surface area contributed by atoms with Crippen LogP contribution in [0, 0.1) is 0 Å². The van der Waals surface area contributed by atoms with Crippen LogP contribution in [0.3, 0.4) is 0 Å². The molecule has 29 heavy (non-hydrogen) atoms. The number of fused-ring (bicyclic) bond motifs is 3. The van der Waals surface area contributed by atoms with E-state index in [1.807, 2.05) is 18.2 Å². The molecule has 0 unspecified atom stereocenters. The quantitative estimate of drug-likeness (QED) is 0.443. The van der Waals surface area contributed by atoms with E-state index in [9.17, 15) is 19.5 Å². The van der Waals surface area contributed by atoms with Gasteiger partial charge in [0, 0.05) is 6.42 Å². The van der Waals surface area contributed by atoms with Gasteiger partial charge in [-0.3, -0.25) is 14.0 Å². The molecule has 0 saturated carbocycles. The first kappa shape index (κ1) is 18.3. The highest BCUT2D eigenvalue weighted by Gasteiger charge is 2.21. The van der Waals surface area contributed by atoms with Crippen molar-refractivity contribution in [1.29, 1.82) is 0 Å². The summed E-state index contributed by atoms with van der Waals surface area (Å²) in [5.74, 6) is -1.59. The summed E-state index contributed by atoms with van der Waals surface area (Å²) < 4.78 is 3.01. The van der Waals surface area contributed by atoms with Gasteiger partial charge in [-0.25, -0.2) is 19.7 Å². The second kappa shape index (κ2) is 7.50. The zero-order chi connectivity index (χ0) is 20.4. The Hall–Kier alpha value is -4.08. The summed E-state index contributed by atoms with van der Waals surface area (Å²) in [5, 5.41) is 12.0. The molecule has 3 heterocycles. The Balaban J connectivity index is 1.53. The second-order valence-corrected chi connectivity index (χ2v) is 6.43. The number of carbonyl (C=O) groups is 3. The Morgan fingerprint density at radius 2 is 1.90 bits per heavy atom. The fraction of sp³-hybridized carbons (Fsp3) is 0.158. The summed E-state index contributed by atoms with van der Waals surface area (Å²) in [5.41, 5.74) is 2.44. The molecule has 0 fully saturated rings. The molecule has 0 bridgehead atoms. The van der Waals surface area contributed by atoms with E-state index >= 15 is 0 Å². The van der Waals surface area contributed by atoms with Crippen molar-refractivity contribution in [2.75, 3.05) is 0 Å². The van der Waals surface area contributed by atoms with E-state index in [1.54, 1.807) is 12.1 Å². The Kier molecular flexibility index (Phi) is 4.73. The molecule has 1 aromatic carbocycles. The zero-order valence-electron chi connectivity index (χ0n) is 15.1. The van der Waals surface area contributed by atoms with E-state index in [-0.39, 0.29) is 13.0 Å². The van der Waals surface area contributed by atoms with Crippen LogP contribution in [0.2, 0.25) is 0 Å². The van der Waals surface area contributed by atoms with Crippen molar-refractivity contribution in [3.05, 3.63) is 60.4 Å². The molecule has 146 valence electrons. The van der Waals surface area contributed by atoms with Crippen molar-refractivity contribution in [2.45, 2.75) is 19.0 Å². The Morgan fingerprint density at radius 3 is 2.62 bits per heavy atom. The number of aliphatic carboxylic acids is 1. The largest absolute Gasteiger partial charge is 0.480 e. The number of carboxylic acids is 1. The predicted molar refractivity (Wildman–Crippen MR) is 101 cm³/mol. The van der Waals surface area contributed by atoms with E-state index in [1.165, 1.54) is 27.8 Å². The highest BCUT2D eigenvalue weighted by molar-refractivity contribution is 5.89. The van der Waals surface area contributed by atoms with Crippen molar-refractivity contribution in [2.24, 2.45) is 0 Å². The third kappa shape index (κ3) is 3.55. The summed E-state index contributed by atoms with van der Waals surface area (Å²) in [6.45, 7) is -0.153. The van der Waals surface area contributed by atoms with Gasteiger partial charge in [0.1, 0.15) is 24.6 Å². The molecule has 0 aliphatic rings. The second-order valence-electron chi connectivity index (χ2n) is 6.43. The number of aromatic nitrogens is 5. The highest BCUT2D eigenvalue weighted by atomic mass is 16.4.